The molecule has 4 aliphatic carbocycles. The third kappa shape index (κ3) is 1.44. The van der Waals surface area contributed by atoms with E-state index in [2.05, 4.69) is 0 Å². The summed E-state index contributed by atoms with van der Waals surface area (Å²) in [4.78, 5) is 34.3. The largest absolute Gasteiger partial charge is 0.469 e. The van der Waals surface area contributed by atoms with Gasteiger partial charge in [-0.05, 0) is 12.3 Å². The van der Waals surface area contributed by atoms with Crippen molar-refractivity contribution in [2.75, 3.05) is 7.11 Å². The molecule has 20 heavy (non-hydrogen) atoms. The number of ether oxygens (including phenoxy) is 1. The van der Waals surface area contributed by atoms with E-state index in [1.165, 1.54) is 7.11 Å². The molecule has 0 aromatic rings. The Balaban J connectivity index is 2.11. The second-order valence-electron chi connectivity index (χ2n) is 6.74. The van der Waals surface area contributed by atoms with Crippen molar-refractivity contribution < 1.29 is 19.4 Å². The van der Waals surface area contributed by atoms with Crippen LogP contribution in [0.25, 0.3) is 0 Å². The summed E-state index contributed by atoms with van der Waals surface area (Å²) in [7, 11) is 1.23. The molecule has 0 saturated heterocycles. The topological polar surface area (TPSA) is 113 Å². The third-order valence-electron chi connectivity index (χ3n) is 5.40. The number of carbonyl (C=O) groups is 1. The standard InChI is InChI=1S/C12H16N2O6/c1-20-9(15)10-2-8-3-11(5-10,13(16)17)7-12(4-8,6-10)14(18)19/h8H,2-7H2,1H3. The molecular formula is C12H16N2O6. The minimum Gasteiger partial charge on any atom is -0.469 e. The summed E-state index contributed by atoms with van der Waals surface area (Å²) >= 11 is 0. The van der Waals surface area contributed by atoms with Crippen LogP contribution < -0.4 is 0 Å². The van der Waals surface area contributed by atoms with Gasteiger partial charge in [-0.2, -0.15) is 0 Å². The molecule has 8 nitrogen and oxygen atoms in total. The van der Waals surface area contributed by atoms with E-state index in [1.54, 1.807) is 0 Å². The number of hydrogen-bond donors (Lipinski definition) is 0. The first kappa shape index (κ1) is 13.3. The van der Waals surface area contributed by atoms with Crippen LogP contribution >= 0.6 is 0 Å². The number of nitro groups is 2. The fourth-order valence-electron chi connectivity index (χ4n) is 5.19. The smallest absolute Gasteiger partial charge is 0.312 e. The van der Waals surface area contributed by atoms with E-state index in [1.807, 2.05) is 0 Å². The number of methoxy groups -OCH3 is 1. The lowest BCUT2D eigenvalue weighted by atomic mass is 9.44. The molecule has 0 heterocycles. The molecule has 2 unspecified atom stereocenters. The molecule has 8 heteroatoms. The van der Waals surface area contributed by atoms with Crippen molar-refractivity contribution >= 4 is 5.97 Å². The van der Waals surface area contributed by atoms with E-state index >= 15 is 0 Å². The van der Waals surface area contributed by atoms with Gasteiger partial charge in [0.1, 0.15) is 0 Å². The van der Waals surface area contributed by atoms with Gasteiger partial charge in [0.05, 0.1) is 18.9 Å². The van der Waals surface area contributed by atoms with E-state index in [9.17, 15) is 25.0 Å². The maximum absolute atomic E-state index is 12.1. The normalized spacial score (nSPS) is 45.1. The third-order valence-corrected chi connectivity index (χ3v) is 5.40. The van der Waals surface area contributed by atoms with Gasteiger partial charge in [-0.15, -0.1) is 0 Å². The molecule has 0 aromatic carbocycles. The van der Waals surface area contributed by atoms with Gasteiger partial charge < -0.3 is 4.74 Å². The zero-order valence-corrected chi connectivity index (χ0v) is 11.2. The van der Waals surface area contributed by atoms with Gasteiger partial charge in [0, 0.05) is 35.5 Å². The Kier molecular flexibility index (Phi) is 2.44. The van der Waals surface area contributed by atoms with Gasteiger partial charge in [0.15, 0.2) is 0 Å². The Morgan fingerprint density at radius 2 is 1.55 bits per heavy atom. The first-order valence-corrected chi connectivity index (χ1v) is 6.65. The first-order valence-electron chi connectivity index (χ1n) is 6.65. The molecule has 0 radical (unpaired) electrons. The number of hydrogen-bond acceptors (Lipinski definition) is 6. The molecule has 4 aliphatic rings. The molecule has 0 N–H and O–H groups in total. The Labute approximate surface area is 114 Å². The van der Waals surface area contributed by atoms with Crippen LogP contribution in [-0.4, -0.2) is 34.0 Å². The average molecular weight is 284 g/mol. The minimum absolute atomic E-state index is 0.0603. The van der Waals surface area contributed by atoms with Gasteiger partial charge in [-0.3, -0.25) is 25.0 Å². The summed E-state index contributed by atoms with van der Waals surface area (Å²) in [6.45, 7) is 0. The second kappa shape index (κ2) is 3.67. The lowest BCUT2D eigenvalue weighted by Gasteiger charge is -2.57. The highest BCUT2D eigenvalue weighted by Gasteiger charge is 2.76. The van der Waals surface area contributed by atoms with Crippen LogP contribution in [0, 0.1) is 31.6 Å². The summed E-state index contributed by atoms with van der Waals surface area (Å²) in [5, 5.41) is 23.0. The Hall–Kier alpha value is -1.73. The molecule has 0 amide bonds. The highest BCUT2D eigenvalue weighted by molar-refractivity contribution is 5.78. The Bertz CT molecular complexity index is 488. The molecule has 4 rings (SSSR count). The highest BCUT2D eigenvalue weighted by Crippen LogP contribution is 2.65. The van der Waals surface area contributed by atoms with Crippen molar-refractivity contribution in [2.24, 2.45) is 11.3 Å². The zero-order chi connectivity index (χ0) is 14.8. The molecular weight excluding hydrogens is 268 g/mol. The van der Waals surface area contributed by atoms with Crippen LogP contribution in [0.2, 0.25) is 0 Å². The van der Waals surface area contributed by atoms with Crippen molar-refractivity contribution in [3.63, 3.8) is 0 Å². The van der Waals surface area contributed by atoms with Crippen LogP contribution in [0.3, 0.4) is 0 Å². The maximum Gasteiger partial charge on any atom is 0.312 e. The molecule has 4 bridgehead atoms. The fraction of sp³-hybridized carbons (Fsp3) is 0.917. The number of esters is 1. The fourth-order valence-corrected chi connectivity index (χ4v) is 5.19. The van der Waals surface area contributed by atoms with Crippen molar-refractivity contribution in [3.05, 3.63) is 20.2 Å². The van der Waals surface area contributed by atoms with Gasteiger partial charge in [-0.1, -0.05) is 0 Å². The van der Waals surface area contributed by atoms with Gasteiger partial charge in [-0.25, -0.2) is 0 Å². The predicted octanol–water partition coefficient (Wildman–Crippen LogP) is 1.17. The van der Waals surface area contributed by atoms with Crippen molar-refractivity contribution in [3.8, 4) is 0 Å². The minimum atomic E-state index is -1.33. The summed E-state index contributed by atoms with van der Waals surface area (Å²) in [6, 6.07) is 0. The quantitative estimate of drug-likeness (QED) is 0.437. The van der Waals surface area contributed by atoms with Crippen LogP contribution in [-0.2, 0) is 9.53 Å². The van der Waals surface area contributed by atoms with Gasteiger partial charge in [0.25, 0.3) is 0 Å². The van der Waals surface area contributed by atoms with Crippen molar-refractivity contribution in [2.45, 2.75) is 49.6 Å². The Morgan fingerprint density at radius 1 is 1.05 bits per heavy atom. The lowest BCUT2D eigenvalue weighted by molar-refractivity contribution is -0.647. The van der Waals surface area contributed by atoms with Crippen LogP contribution in [0.4, 0.5) is 0 Å². The summed E-state index contributed by atoms with van der Waals surface area (Å²) in [5.41, 5.74) is -3.71. The molecule has 0 aliphatic heterocycles. The molecule has 0 spiro atoms. The molecule has 0 aromatic heterocycles. The van der Waals surface area contributed by atoms with Crippen LogP contribution in [0.15, 0.2) is 0 Å². The Morgan fingerprint density at radius 3 is 1.95 bits per heavy atom. The number of carbonyl (C=O) groups excluding carboxylic acids is 1. The van der Waals surface area contributed by atoms with E-state index in [4.69, 9.17) is 4.74 Å². The summed E-state index contributed by atoms with van der Waals surface area (Å²) in [6.07, 6.45) is 1.25. The van der Waals surface area contributed by atoms with Crippen LogP contribution in [0.1, 0.15) is 38.5 Å². The monoisotopic (exact) mass is 284 g/mol. The molecule has 4 saturated carbocycles. The van der Waals surface area contributed by atoms with Crippen molar-refractivity contribution in [1.82, 2.24) is 0 Å². The summed E-state index contributed by atoms with van der Waals surface area (Å²) < 4.78 is 4.80. The molecule has 2 atom stereocenters. The van der Waals surface area contributed by atoms with E-state index < -0.39 is 32.3 Å². The predicted molar refractivity (Wildman–Crippen MR) is 65.1 cm³/mol. The lowest BCUT2D eigenvalue weighted by Crippen LogP contribution is -2.69. The number of rotatable bonds is 3. The second-order valence-corrected chi connectivity index (χ2v) is 6.74. The van der Waals surface area contributed by atoms with Gasteiger partial charge in [0.2, 0.25) is 11.1 Å². The first-order chi connectivity index (χ1) is 9.27. The zero-order valence-electron chi connectivity index (χ0n) is 11.2. The molecule has 110 valence electrons. The highest BCUT2D eigenvalue weighted by atomic mass is 16.6. The average Bonchev–Trinajstić information content (AvgIpc) is 2.36. The SMILES string of the molecule is COC(=O)C12CC3CC([N+](=O)[O-])(C1)CC([N+](=O)[O-])(C3)C2. The number of nitrogens with zero attached hydrogens (tertiary/aromatic N) is 2. The van der Waals surface area contributed by atoms with Crippen LogP contribution in [0.5, 0.6) is 0 Å². The van der Waals surface area contributed by atoms with E-state index in [0.717, 1.165) is 0 Å². The van der Waals surface area contributed by atoms with Crippen molar-refractivity contribution in [1.29, 1.82) is 0 Å². The van der Waals surface area contributed by atoms with Gasteiger partial charge >= 0.3 is 5.97 Å². The summed E-state index contributed by atoms with van der Waals surface area (Å²) in [5.74, 6) is -0.666. The van der Waals surface area contributed by atoms with E-state index in [0.29, 0.717) is 19.3 Å². The molecule has 4 fully saturated rings. The van der Waals surface area contributed by atoms with E-state index in [-0.39, 0.29) is 25.2 Å². The maximum atomic E-state index is 12.1.